The summed E-state index contributed by atoms with van der Waals surface area (Å²) in [5.41, 5.74) is -0.135. The van der Waals surface area contributed by atoms with Gasteiger partial charge in [0.15, 0.2) is 5.82 Å². The summed E-state index contributed by atoms with van der Waals surface area (Å²) in [6.07, 6.45) is -1.01. The normalized spacial score (nSPS) is 18.7. The van der Waals surface area contributed by atoms with Crippen molar-refractivity contribution in [2.24, 2.45) is 0 Å². The van der Waals surface area contributed by atoms with Gasteiger partial charge in [0.1, 0.15) is 5.82 Å². The standard InChI is InChI=1S/C24H24Cl2F3N7/c1-15-4-3-9-36(15)23-32-20(17-14-16(25)6-7-19(17)26)31-22(33-23)35-12-10-34(11-13-35)21-18(24(27,28)29)5-2-8-30-21/h2,5-8,14-15H,3-4,9-13H2,1H3. The van der Waals surface area contributed by atoms with Gasteiger partial charge in [-0.05, 0) is 50.1 Å². The van der Waals surface area contributed by atoms with E-state index in [1.807, 2.05) is 4.90 Å². The molecule has 1 unspecified atom stereocenters. The molecule has 5 rings (SSSR count). The molecule has 2 aromatic heterocycles. The van der Waals surface area contributed by atoms with Gasteiger partial charge in [-0.25, -0.2) is 4.98 Å². The Morgan fingerprint density at radius 2 is 1.64 bits per heavy atom. The molecule has 3 aromatic rings. The van der Waals surface area contributed by atoms with E-state index in [2.05, 4.69) is 16.8 Å². The van der Waals surface area contributed by atoms with Crippen molar-refractivity contribution in [2.45, 2.75) is 32.0 Å². The number of alkyl halides is 3. The second-order valence-corrected chi connectivity index (χ2v) is 9.76. The van der Waals surface area contributed by atoms with Gasteiger partial charge < -0.3 is 14.7 Å². The Morgan fingerprint density at radius 1 is 0.917 bits per heavy atom. The quantitative estimate of drug-likeness (QED) is 0.430. The maximum Gasteiger partial charge on any atom is 0.419 e. The van der Waals surface area contributed by atoms with Gasteiger partial charge >= 0.3 is 6.18 Å². The number of hydrogen-bond donors (Lipinski definition) is 0. The number of nitrogens with zero attached hydrogens (tertiary/aromatic N) is 7. The van der Waals surface area contributed by atoms with Crippen LogP contribution in [0.3, 0.4) is 0 Å². The summed E-state index contributed by atoms with van der Waals surface area (Å²) >= 11 is 12.7. The summed E-state index contributed by atoms with van der Waals surface area (Å²) in [5.74, 6) is 1.37. The van der Waals surface area contributed by atoms with E-state index in [9.17, 15) is 13.2 Å². The Balaban J connectivity index is 1.45. The fraction of sp³-hybridized carbons (Fsp3) is 0.417. The first-order valence-electron chi connectivity index (χ1n) is 11.7. The minimum Gasteiger partial charge on any atom is -0.353 e. The fourth-order valence-electron chi connectivity index (χ4n) is 4.63. The monoisotopic (exact) mass is 537 g/mol. The van der Waals surface area contributed by atoms with Crippen molar-refractivity contribution in [1.82, 2.24) is 19.9 Å². The highest BCUT2D eigenvalue weighted by atomic mass is 35.5. The third kappa shape index (κ3) is 5.01. The molecule has 0 aliphatic carbocycles. The average molecular weight is 538 g/mol. The van der Waals surface area contributed by atoms with Crippen LogP contribution in [0.1, 0.15) is 25.3 Å². The van der Waals surface area contributed by atoms with E-state index >= 15 is 0 Å². The van der Waals surface area contributed by atoms with Crippen LogP contribution in [0.5, 0.6) is 0 Å². The average Bonchev–Trinajstić information content (AvgIpc) is 3.30. The van der Waals surface area contributed by atoms with Crippen molar-refractivity contribution < 1.29 is 13.2 Å². The molecule has 2 saturated heterocycles. The molecule has 0 N–H and O–H groups in total. The minimum absolute atomic E-state index is 0.0572. The van der Waals surface area contributed by atoms with Crippen LogP contribution in [-0.2, 0) is 6.18 Å². The molecule has 7 nitrogen and oxygen atoms in total. The zero-order valence-corrected chi connectivity index (χ0v) is 21.0. The molecule has 2 aliphatic heterocycles. The number of halogens is 5. The van der Waals surface area contributed by atoms with E-state index in [1.54, 1.807) is 23.1 Å². The lowest BCUT2D eigenvalue weighted by atomic mass is 10.2. The second kappa shape index (κ2) is 9.89. The van der Waals surface area contributed by atoms with Crippen LogP contribution in [0.25, 0.3) is 11.4 Å². The van der Waals surface area contributed by atoms with E-state index < -0.39 is 11.7 Å². The van der Waals surface area contributed by atoms with Crippen LogP contribution >= 0.6 is 23.2 Å². The molecular formula is C24H24Cl2F3N7. The van der Waals surface area contributed by atoms with E-state index in [0.29, 0.717) is 59.5 Å². The van der Waals surface area contributed by atoms with E-state index in [0.717, 1.165) is 25.5 Å². The Bertz CT molecular complexity index is 1250. The van der Waals surface area contributed by atoms with Gasteiger partial charge in [0.05, 0.1) is 10.6 Å². The van der Waals surface area contributed by atoms with E-state index in [-0.39, 0.29) is 11.9 Å². The predicted molar refractivity (Wildman–Crippen MR) is 135 cm³/mol. The summed E-state index contributed by atoms with van der Waals surface area (Å²) in [4.78, 5) is 24.0. The SMILES string of the molecule is CC1CCCN1c1nc(-c2cc(Cl)ccc2Cl)nc(N2CCN(c3ncccc3C(F)(F)F)CC2)n1. The number of pyridine rings is 1. The van der Waals surface area contributed by atoms with Crippen LogP contribution in [0, 0.1) is 0 Å². The predicted octanol–water partition coefficient (Wildman–Crippen LogP) is 5.57. The van der Waals surface area contributed by atoms with Crippen LogP contribution < -0.4 is 14.7 Å². The fourth-order valence-corrected chi connectivity index (χ4v) is 5.01. The van der Waals surface area contributed by atoms with Crippen LogP contribution in [-0.4, -0.2) is 58.7 Å². The van der Waals surface area contributed by atoms with Crippen molar-refractivity contribution >= 4 is 40.9 Å². The van der Waals surface area contributed by atoms with Crippen molar-refractivity contribution in [3.8, 4) is 11.4 Å². The highest BCUT2D eigenvalue weighted by Gasteiger charge is 2.36. The highest BCUT2D eigenvalue weighted by Crippen LogP contribution is 2.36. The van der Waals surface area contributed by atoms with Crippen molar-refractivity contribution in [3.63, 3.8) is 0 Å². The Hall–Kier alpha value is -2.85. The molecule has 1 aromatic carbocycles. The van der Waals surface area contributed by atoms with Gasteiger partial charge in [-0.2, -0.15) is 28.1 Å². The first kappa shape index (κ1) is 24.8. The zero-order valence-electron chi connectivity index (χ0n) is 19.5. The molecule has 0 spiro atoms. The molecule has 0 radical (unpaired) electrons. The summed E-state index contributed by atoms with van der Waals surface area (Å²) < 4.78 is 40.5. The number of piperazine rings is 1. The van der Waals surface area contributed by atoms with Crippen molar-refractivity contribution in [1.29, 1.82) is 0 Å². The molecule has 0 amide bonds. The van der Waals surface area contributed by atoms with Crippen molar-refractivity contribution in [3.05, 3.63) is 52.1 Å². The first-order chi connectivity index (χ1) is 17.2. The number of hydrogen-bond acceptors (Lipinski definition) is 7. The Morgan fingerprint density at radius 3 is 2.33 bits per heavy atom. The molecule has 0 bridgehead atoms. The summed E-state index contributed by atoms with van der Waals surface area (Å²) in [5, 5.41) is 0.980. The van der Waals surface area contributed by atoms with Gasteiger partial charge in [0, 0.05) is 55.5 Å². The van der Waals surface area contributed by atoms with Gasteiger partial charge in [-0.3, -0.25) is 0 Å². The summed E-state index contributed by atoms with van der Waals surface area (Å²) in [6, 6.07) is 7.76. The molecule has 1 atom stereocenters. The molecule has 2 aliphatic rings. The molecule has 2 fully saturated rings. The third-order valence-electron chi connectivity index (χ3n) is 6.55. The topological polar surface area (TPSA) is 61.3 Å². The van der Waals surface area contributed by atoms with Gasteiger partial charge in [0.25, 0.3) is 0 Å². The number of aromatic nitrogens is 4. The largest absolute Gasteiger partial charge is 0.419 e. The summed E-state index contributed by atoms with van der Waals surface area (Å²) in [6.45, 7) is 4.50. The molecule has 190 valence electrons. The lowest BCUT2D eigenvalue weighted by Crippen LogP contribution is -2.48. The highest BCUT2D eigenvalue weighted by molar-refractivity contribution is 6.35. The molecule has 36 heavy (non-hydrogen) atoms. The van der Waals surface area contributed by atoms with Crippen molar-refractivity contribution in [2.75, 3.05) is 47.4 Å². The lowest BCUT2D eigenvalue weighted by molar-refractivity contribution is -0.137. The van der Waals surface area contributed by atoms with E-state index in [1.165, 1.54) is 12.3 Å². The number of anilines is 3. The smallest absolute Gasteiger partial charge is 0.353 e. The van der Waals surface area contributed by atoms with Crippen LogP contribution in [0.2, 0.25) is 10.0 Å². The van der Waals surface area contributed by atoms with E-state index in [4.69, 9.17) is 38.2 Å². The second-order valence-electron chi connectivity index (χ2n) is 8.91. The molecular weight excluding hydrogens is 514 g/mol. The first-order valence-corrected chi connectivity index (χ1v) is 12.5. The Kier molecular flexibility index (Phi) is 6.82. The number of benzene rings is 1. The third-order valence-corrected chi connectivity index (χ3v) is 7.11. The van der Waals surface area contributed by atoms with Gasteiger partial charge in [-0.15, -0.1) is 0 Å². The maximum atomic E-state index is 13.5. The molecule has 0 saturated carbocycles. The molecule has 12 heteroatoms. The lowest BCUT2D eigenvalue weighted by Gasteiger charge is -2.36. The number of rotatable bonds is 4. The molecule has 4 heterocycles. The summed E-state index contributed by atoms with van der Waals surface area (Å²) in [7, 11) is 0. The van der Waals surface area contributed by atoms with Gasteiger partial charge in [-0.1, -0.05) is 23.2 Å². The van der Waals surface area contributed by atoms with Crippen LogP contribution in [0.4, 0.5) is 30.9 Å². The van der Waals surface area contributed by atoms with Crippen LogP contribution in [0.15, 0.2) is 36.5 Å². The minimum atomic E-state index is -4.47. The zero-order chi connectivity index (χ0) is 25.4. The Labute approximate surface area is 216 Å². The van der Waals surface area contributed by atoms with Gasteiger partial charge in [0.2, 0.25) is 11.9 Å². The maximum absolute atomic E-state index is 13.5.